The summed E-state index contributed by atoms with van der Waals surface area (Å²) in [6.45, 7) is 9.25. The molecule has 0 bridgehead atoms. The van der Waals surface area contributed by atoms with Crippen LogP contribution in [0.5, 0.6) is 0 Å². The monoisotopic (exact) mass is 542 g/mol. The van der Waals surface area contributed by atoms with Gasteiger partial charge in [-0.25, -0.2) is 9.78 Å². The van der Waals surface area contributed by atoms with Crippen molar-refractivity contribution in [2.75, 3.05) is 20.1 Å². The Morgan fingerprint density at radius 3 is 2.75 bits per heavy atom. The molecular weight excluding hydrogens is 504 g/mol. The molecule has 1 atom stereocenters. The molecule has 4 heterocycles. The minimum Gasteiger partial charge on any atom is -0.444 e. The van der Waals surface area contributed by atoms with Crippen molar-refractivity contribution in [1.29, 1.82) is 5.41 Å². The van der Waals surface area contributed by atoms with Crippen LogP contribution in [0.2, 0.25) is 0 Å². The maximum absolute atomic E-state index is 13.3. The molecule has 3 aromatic rings. The fourth-order valence-corrected chi connectivity index (χ4v) is 5.67. The highest BCUT2D eigenvalue weighted by Gasteiger charge is 2.36. The lowest BCUT2D eigenvalue weighted by molar-refractivity contribution is -0.124. The molecule has 2 aliphatic heterocycles. The molecule has 40 heavy (non-hydrogen) atoms. The summed E-state index contributed by atoms with van der Waals surface area (Å²) in [4.78, 5) is 37.8. The molecule has 0 aliphatic carbocycles. The van der Waals surface area contributed by atoms with E-state index in [4.69, 9.17) is 10.1 Å². The van der Waals surface area contributed by atoms with E-state index in [0.717, 1.165) is 57.3 Å². The van der Waals surface area contributed by atoms with Crippen molar-refractivity contribution in [3.8, 4) is 11.1 Å². The number of pyridine rings is 1. The van der Waals surface area contributed by atoms with E-state index in [1.165, 1.54) is 6.08 Å². The zero-order chi connectivity index (χ0) is 28.6. The topological polar surface area (TPSA) is 114 Å². The highest BCUT2D eigenvalue weighted by molar-refractivity contribution is 6.41. The van der Waals surface area contributed by atoms with Crippen LogP contribution in [0.3, 0.4) is 0 Å². The summed E-state index contributed by atoms with van der Waals surface area (Å²) in [5, 5.41) is 12.1. The van der Waals surface area contributed by atoms with Crippen LogP contribution in [0.1, 0.15) is 61.9 Å². The summed E-state index contributed by atoms with van der Waals surface area (Å²) in [6, 6.07) is 6.36. The number of rotatable bonds is 5. The second-order valence-electron chi connectivity index (χ2n) is 11.6. The maximum atomic E-state index is 13.3. The Morgan fingerprint density at radius 2 is 2.00 bits per heavy atom. The molecule has 1 aromatic carbocycles. The summed E-state index contributed by atoms with van der Waals surface area (Å²) in [6.07, 6.45) is 8.97. The average Bonchev–Trinajstić information content (AvgIpc) is 3.56. The predicted octanol–water partition coefficient (Wildman–Crippen LogP) is 5.25. The number of ether oxygens (including phenoxy) is 1. The molecule has 2 aromatic heterocycles. The second kappa shape index (κ2) is 10.8. The van der Waals surface area contributed by atoms with Crippen LogP contribution in [-0.2, 0) is 22.5 Å². The minimum atomic E-state index is -0.592. The molecule has 0 unspecified atom stereocenters. The number of nitrogens with zero attached hydrogens (tertiary/aromatic N) is 3. The fraction of sp³-hybridized carbons (Fsp3) is 0.419. The quantitative estimate of drug-likeness (QED) is 0.381. The number of carbonyl (C=O) groups excluding carboxylic acids is 2. The predicted molar refractivity (Wildman–Crippen MR) is 156 cm³/mol. The number of hydrogen-bond acceptors (Lipinski definition) is 6. The highest BCUT2D eigenvalue weighted by Crippen LogP contribution is 2.40. The first-order chi connectivity index (χ1) is 19.1. The van der Waals surface area contributed by atoms with Crippen LogP contribution >= 0.6 is 0 Å². The Labute approximate surface area is 235 Å². The van der Waals surface area contributed by atoms with Crippen molar-refractivity contribution >= 4 is 28.7 Å². The second-order valence-corrected chi connectivity index (χ2v) is 11.6. The number of carbonyl (C=O) groups is 2. The summed E-state index contributed by atoms with van der Waals surface area (Å²) < 4.78 is 5.78. The van der Waals surface area contributed by atoms with E-state index in [-0.39, 0.29) is 23.8 Å². The van der Waals surface area contributed by atoms with Gasteiger partial charge in [0.05, 0.1) is 6.04 Å². The number of amides is 2. The largest absolute Gasteiger partial charge is 0.444 e. The number of H-pyrrole nitrogens is 1. The summed E-state index contributed by atoms with van der Waals surface area (Å²) in [5.41, 5.74) is 6.66. The first-order valence-corrected chi connectivity index (χ1v) is 13.9. The number of aryl methyl sites for hydroxylation is 1. The van der Waals surface area contributed by atoms with Crippen LogP contribution in [0, 0.1) is 12.3 Å². The van der Waals surface area contributed by atoms with E-state index in [2.05, 4.69) is 40.4 Å². The molecule has 2 amide bonds. The van der Waals surface area contributed by atoms with Crippen molar-refractivity contribution in [2.45, 2.75) is 65.1 Å². The van der Waals surface area contributed by atoms with Crippen LogP contribution < -0.4 is 5.32 Å². The third-order valence-electron chi connectivity index (χ3n) is 7.62. The number of hydrogen-bond donors (Lipinski definition) is 3. The Hall–Kier alpha value is -4.14. The summed E-state index contributed by atoms with van der Waals surface area (Å²) in [7, 11) is 1.73. The lowest BCUT2D eigenvalue weighted by atomic mass is 9.86. The van der Waals surface area contributed by atoms with Crippen LogP contribution in [0.15, 0.2) is 42.9 Å². The summed E-state index contributed by atoms with van der Waals surface area (Å²) >= 11 is 0. The normalized spacial score (nSPS) is 17.4. The first-order valence-electron chi connectivity index (χ1n) is 13.9. The number of aromatic amines is 1. The van der Waals surface area contributed by atoms with Gasteiger partial charge in [-0.3, -0.25) is 10.2 Å². The van der Waals surface area contributed by atoms with Gasteiger partial charge in [-0.05, 0) is 99.2 Å². The number of likely N-dealkylation sites (tertiary alicyclic amines) is 1. The van der Waals surface area contributed by atoms with Gasteiger partial charge >= 0.3 is 6.09 Å². The zero-order valence-corrected chi connectivity index (χ0v) is 23.9. The fourth-order valence-electron chi connectivity index (χ4n) is 5.67. The molecule has 2 aliphatic rings. The third kappa shape index (κ3) is 5.46. The highest BCUT2D eigenvalue weighted by atomic mass is 16.6. The first kappa shape index (κ1) is 27.4. The van der Waals surface area contributed by atoms with Crippen LogP contribution in [0.4, 0.5) is 4.79 Å². The van der Waals surface area contributed by atoms with E-state index in [0.29, 0.717) is 26.1 Å². The SMILES string of the molecule is CN/C=C\C(=N)C(=O)N1CCc2cc(-c3cnc4[nH]cc(C)c4c3)cc([C@@H]3CCCN3C(=O)OC(C)(C)C)c2C1. The molecule has 9 nitrogen and oxygen atoms in total. The zero-order valence-electron chi connectivity index (χ0n) is 23.9. The smallest absolute Gasteiger partial charge is 0.410 e. The molecule has 9 heteroatoms. The van der Waals surface area contributed by atoms with E-state index in [1.54, 1.807) is 18.1 Å². The molecule has 0 radical (unpaired) electrons. The van der Waals surface area contributed by atoms with Crippen LogP contribution in [0.25, 0.3) is 22.2 Å². The number of nitrogens with one attached hydrogen (secondary N) is 3. The van der Waals surface area contributed by atoms with Gasteiger partial charge in [0.2, 0.25) is 0 Å². The number of aromatic nitrogens is 2. The Bertz CT molecular complexity index is 1500. The van der Waals surface area contributed by atoms with E-state index >= 15 is 0 Å². The molecule has 1 fully saturated rings. The van der Waals surface area contributed by atoms with Crippen molar-refractivity contribution in [3.05, 3.63) is 65.1 Å². The van der Waals surface area contributed by atoms with Gasteiger partial charge in [0.25, 0.3) is 5.91 Å². The van der Waals surface area contributed by atoms with Crippen molar-refractivity contribution in [2.24, 2.45) is 0 Å². The van der Waals surface area contributed by atoms with Gasteiger partial charge in [-0.15, -0.1) is 0 Å². The maximum Gasteiger partial charge on any atom is 0.410 e. The Balaban J connectivity index is 1.57. The van der Waals surface area contributed by atoms with Gasteiger partial charge in [0.1, 0.15) is 17.0 Å². The molecule has 1 saturated heterocycles. The van der Waals surface area contributed by atoms with Crippen molar-refractivity contribution in [3.63, 3.8) is 0 Å². The third-order valence-corrected chi connectivity index (χ3v) is 7.62. The van der Waals surface area contributed by atoms with E-state index in [1.807, 2.05) is 38.1 Å². The lowest BCUT2D eigenvalue weighted by Crippen LogP contribution is -2.41. The van der Waals surface area contributed by atoms with Gasteiger partial charge in [-0.1, -0.05) is 6.07 Å². The number of benzene rings is 1. The molecule has 0 spiro atoms. The van der Waals surface area contributed by atoms with Crippen molar-refractivity contribution in [1.82, 2.24) is 25.1 Å². The number of fused-ring (bicyclic) bond motifs is 2. The van der Waals surface area contributed by atoms with Gasteiger partial charge < -0.3 is 24.8 Å². The van der Waals surface area contributed by atoms with E-state index in [9.17, 15) is 9.59 Å². The van der Waals surface area contributed by atoms with Gasteiger partial charge in [0.15, 0.2) is 0 Å². The van der Waals surface area contributed by atoms with E-state index < -0.39 is 5.60 Å². The van der Waals surface area contributed by atoms with Crippen LogP contribution in [-0.4, -0.2) is 63.2 Å². The molecular formula is C31H38N6O3. The average molecular weight is 543 g/mol. The van der Waals surface area contributed by atoms with Gasteiger partial charge in [-0.2, -0.15) is 0 Å². The Kier molecular flexibility index (Phi) is 7.40. The molecule has 3 N–H and O–H groups in total. The molecule has 210 valence electrons. The minimum absolute atomic E-state index is 0.0616. The summed E-state index contributed by atoms with van der Waals surface area (Å²) in [5.74, 6) is -0.305. The van der Waals surface area contributed by atoms with Gasteiger partial charge in [0, 0.05) is 50.0 Å². The lowest BCUT2D eigenvalue weighted by Gasteiger charge is -2.34. The molecule has 0 saturated carbocycles. The Morgan fingerprint density at radius 1 is 1.20 bits per heavy atom. The molecule has 5 rings (SSSR count). The standard InChI is InChI=1S/C31H38N6O3/c1-19-16-34-28-23(19)15-22(17-35-28)21-13-20-9-12-36(29(38)26(32)8-10-33-5)18-25(20)24(14-21)27-7-6-11-37(27)30(39)40-31(2,3)4/h8,10,13-17,27,32-33H,6-7,9,11-12,18H2,1-5H3,(H,34,35)/b10-8-,32-26?/t27-/m0/s1. The van der Waals surface area contributed by atoms with Crippen molar-refractivity contribution < 1.29 is 14.3 Å².